The molecule has 2 fully saturated rings. The molecule has 0 aliphatic carbocycles. The molecule has 0 spiro atoms. The topological polar surface area (TPSA) is 122 Å². The SMILES string of the molecule is CC(C)C(=O)N1CCN(c2cc(S(=O)(=O)NC3CCOCC3C)cn3c(-c4nnc(C(F)F)s4)cnc23)CC1. The Morgan fingerprint density at radius 1 is 1.21 bits per heavy atom. The van der Waals surface area contributed by atoms with Crippen LogP contribution in [0, 0.1) is 11.8 Å². The van der Waals surface area contributed by atoms with E-state index in [-0.39, 0.29) is 33.7 Å². The molecule has 0 aromatic carbocycles. The number of ether oxygens (including phenoxy) is 1. The predicted octanol–water partition coefficient (Wildman–Crippen LogP) is 2.80. The van der Waals surface area contributed by atoms with Crippen molar-refractivity contribution in [1.82, 2.24) is 29.2 Å². The summed E-state index contributed by atoms with van der Waals surface area (Å²) in [6.45, 7) is 8.53. The Morgan fingerprint density at radius 3 is 2.59 bits per heavy atom. The summed E-state index contributed by atoms with van der Waals surface area (Å²) in [6, 6.07) is 1.30. The van der Waals surface area contributed by atoms with Crippen molar-refractivity contribution < 1.29 is 26.7 Å². The molecule has 39 heavy (non-hydrogen) atoms. The second kappa shape index (κ2) is 11.0. The number of carbonyl (C=O) groups is 1. The molecule has 212 valence electrons. The average molecular weight is 584 g/mol. The van der Waals surface area contributed by atoms with Crippen LogP contribution in [0.3, 0.4) is 0 Å². The molecule has 2 unspecified atom stereocenters. The molecule has 2 saturated heterocycles. The molecule has 1 N–H and O–H groups in total. The number of rotatable bonds is 7. The van der Waals surface area contributed by atoms with Crippen LogP contribution < -0.4 is 9.62 Å². The first kappa shape index (κ1) is 27.8. The van der Waals surface area contributed by atoms with E-state index >= 15 is 0 Å². The van der Waals surface area contributed by atoms with Crippen molar-refractivity contribution >= 4 is 38.6 Å². The van der Waals surface area contributed by atoms with Gasteiger partial charge in [0.25, 0.3) is 6.43 Å². The highest BCUT2D eigenvalue weighted by atomic mass is 32.2. The number of piperazine rings is 1. The molecule has 0 radical (unpaired) electrons. The van der Waals surface area contributed by atoms with Crippen LogP contribution in [-0.2, 0) is 19.6 Å². The zero-order chi connectivity index (χ0) is 27.9. The summed E-state index contributed by atoms with van der Waals surface area (Å²) < 4.78 is 63.5. The molecule has 11 nitrogen and oxygen atoms in total. The van der Waals surface area contributed by atoms with Gasteiger partial charge in [-0.05, 0) is 18.4 Å². The Morgan fingerprint density at radius 2 is 1.95 bits per heavy atom. The van der Waals surface area contributed by atoms with Gasteiger partial charge in [0.2, 0.25) is 15.9 Å². The molecule has 0 bridgehead atoms. The number of nitrogens with one attached hydrogen (secondary N) is 1. The zero-order valence-corrected chi connectivity index (χ0v) is 23.5. The van der Waals surface area contributed by atoms with E-state index < -0.39 is 21.5 Å². The maximum absolute atomic E-state index is 13.6. The molecule has 0 saturated carbocycles. The van der Waals surface area contributed by atoms with Crippen LogP contribution >= 0.6 is 11.3 Å². The average Bonchev–Trinajstić information content (AvgIpc) is 3.56. The van der Waals surface area contributed by atoms with Gasteiger partial charge in [-0.3, -0.25) is 9.20 Å². The molecule has 5 rings (SSSR count). The number of hydrogen-bond acceptors (Lipinski definition) is 9. The molecule has 3 aromatic heterocycles. The normalized spacial score (nSPS) is 20.9. The van der Waals surface area contributed by atoms with Crippen molar-refractivity contribution in [3.63, 3.8) is 0 Å². The Bertz CT molecular complexity index is 1450. The van der Waals surface area contributed by atoms with Gasteiger partial charge < -0.3 is 14.5 Å². The molecule has 3 aromatic rings. The van der Waals surface area contributed by atoms with Gasteiger partial charge in [-0.1, -0.05) is 32.1 Å². The lowest BCUT2D eigenvalue weighted by Crippen LogP contribution is -2.50. The lowest BCUT2D eigenvalue weighted by Gasteiger charge is -2.37. The second-order valence-corrected chi connectivity index (χ2v) is 12.9. The maximum atomic E-state index is 13.6. The first-order valence-electron chi connectivity index (χ1n) is 12.8. The number of fused-ring (bicyclic) bond motifs is 1. The van der Waals surface area contributed by atoms with Gasteiger partial charge in [0.05, 0.1) is 18.5 Å². The maximum Gasteiger partial charge on any atom is 0.291 e. The number of sulfonamides is 1. The van der Waals surface area contributed by atoms with Crippen LogP contribution in [-0.4, -0.2) is 84.2 Å². The largest absolute Gasteiger partial charge is 0.381 e. The van der Waals surface area contributed by atoms with Crippen molar-refractivity contribution in [2.75, 3.05) is 44.3 Å². The minimum Gasteiger partial charge on any atom is -0.381 e. The van der Waals surface area contributed by atoms with Gasteiger partial charge in [0.15, 0.2) is 15.7 Å². The smallest absolute Gasteiger partial charge is 0.291 e. The fraction of sp³-hybridized carbons (Fsp3) is 0.583. The Labute approximate surface area is 229 Å². The summed E-state index contributed by atoms with van der Waals surface area (Å²) in [4.78, 5) is 20.8. The van der Waals surface area contributed by atoms with E-state index in [4.69, 9.17) is 4.74 Å². The van der Waals surface area contributed by atoms with Crippen LogP contribution in [0.2, 0.25) is 0 Å². The third-order valence-electron chi connectivity index (χ3n) is 7.09. The number of hydrogen-bond donors (Lipinski definition) is 1. The highest BCUT2D eigenvalue weighted by Crippen LogP contribution is 2.34. The number of amides is 1. The summed E-state index contributed by atoms with van der Waals surface area (Å²) in [5.74, 6) is -0.0448. The number of halogens is 2. The third kappa shape index (κ3) is 5.62. The van der Waals surface area contributed by atoms with Crippen molar-refractivity contribution in [2.24, 2.45) is 11.8 Å². The lowest BCUT2D eigenvalue weighted by molar-refractivity contribution is -0.134. The van der Waals surface area contributed by atoms with Crippen molar-refractivity contribution in [3.8, 4) is 10.7 Å². The molecular weight excluding hydrogens is 552 g/mol. The molecule has 2 atom stereocenters. The van der Waals surface area contributed by atoms with Gasteiger partial charge in [-0.15, -0.1) is 10.2 Å². The van der Waals surface area contributed by atoms with Crippen LogP contribution in [0.5, 0.6) is 0 Å². The second-order valence-electron chi connectivity index (χ2n) is 10.2. The Balaban J connectivity index is 1.55. The Hall–Kier alpha value is -2.75. The van der Waals surface area contributed by atoms with Crippen LogP contribution in [0.1, 0.15) is 38.6 Å². The first-order chi connectivity index (χ1) is 18.5. The van der Waals surface area contributed by atoms with E-state index in [1.165, 1.54) is 12.4 Å². The predicted molar refractivity (Wildman–Crippen MR) is 141 cm³/mol. The van der Waals surface area contributed by atoms with Gasteiger partial charge >= 0.3 is 0 Å². The van der Waals surface area contributed by atoms with Gasteiger partial charge in [0, 0.05) is 50.9 Å². The molecule has 1 amide bonds. The first-order valence-corrected chi connectivity index (χ1v) is 15.1. The van der Waals surface area contributed by atoms with Gasteiger partial charge in [-0.25, -0.2) is 26.9 Å². The van der Waals surface area contributed by atoms with Gasteiger partial charge in [-0.2, -0.15) is 0 Å². The van der Waals surface area contributed by atoms with E-state index in [2.05, 4.69) is 19.9 Å². The van der Waals surface area contributed by atoms with E-state index in [1.807, 2.05) is 25.7 Å². The number of pyridine rings is 1. The fourth-order valence-corrected chi connectivity index (χ4v) is 6.97. The number of carbonyl (C=O) groups excluding carboxylic acids is 1. The monoisotopic (exact) mass is 583 g/mol. The summed E-state index contributed by atoms with van der Waals surface area (Å²) in [7, 11) is -3.96. The minimum absolute atomic E-state index is 0.00117. The van der Waals surface area contributed by atoms with Gasteiger partial charge in [0.1, 0.15) is 10.6 Å². The number of imidazole rings is 1. The van der Waals surface area contributed by atoms with E-state index in [1.54, 1.807) is 15.4 Å². The Kier molecular flexibility index (Phi) is 7.86. The fourth-order valence-electron chi connectivity index (χ4n) is 4.86. The number of aromatic nitrogens is 4. The summed E-state index contributed by atoms with van der Waals surface area (Å²) in [5, 5.41) is 7.26. The van der Waals surface area contributed by atoms with E-state index in [9.17, 15) is 22.0 Å². The number of nitrogens with zero attached hydrogens (tertiary/aromatic N) is 6. The zero-order valence-electron chi connectivity index (χ0n) is 21.9. The van der Waals surface area contributed by atoms with Crippen molar-refractivity contribution in [1.29, 1.82) is 0 Å². The molecule has 2 aliphatic rings. The minimum atomic E-state index is -3.96. The van der Waals surface area contributed by atoms with Crippen molar-refractivity contribution in [2.45, 2.75) is 44.6 Å². The highest BCUT2D eigenvalue weighted by molar-refractivity contribution is 7.89. The standard InChI is InChI=1S/C24H31F2N7O4S2/c1-14(2)24(34)32-7-5-31(6-8-32)18-10-16(39(35,36)30-17-4-9-37-13-15(17)3)12-33-19(11-27-21(18)33)22-28-29-23(38-22)20(25)26/h10-12,14-15,17,20,30H,4-9,13H2,1-3H3. The number of alkyl halides is 2. The van der Waals surface area contributed by atoms with E-state index in [0.29, 0.717) is 62.8 Å². The third-order valence-corrected chi connectivity index (χ3v) is 9.50. The highest BCUT2D eigenvalue weighted by Gasteiger charge is 2.31. The number of anilines is 1. The van der Waals surface area contributed by atoms with Crippen LogP contribution in [0.15, 0.2) is 23.4 Å². The van der Waals surface area contributed by atoms with Crippen LogP contribution in [0.25, 0.3) is 16.3 Å². The van der Waals surface area contributed by atoms with Crippen LogP contribution in [0.4, 0.5) is 14.5 Å². The van der Waals surface area contributed by atoms with Crippen molar-refractivity contribution in [3.05, 3.63) is 23.5 Å². The molecule has 15 heteroatoms. The summed E-state index contributed by atoms with van der Waals surface area (Å²) >= 11 is 0.733. The molecule has 2 aliphatic heterocycles. The molecular formula is C24H31F2N7O4S2. The molecule has 5 heterocycles. The quantitative estimate of drug-likeness (QED) is 0.451. The summed E-state index contributed by atoms with van der Waals surface area (Å²) in [6.07, 6.45) is 0.712. The van der Waals surface area contributed by atoms with E-state index in [0.717, 1.165) is 11.3 Å². The summed E-state index contributed by atoms with van der Waals surface area (Å²) in [5.41, 5.74) is 1.39. The lowest BCUT2D eigenvalue weighted by atomic mass is 9.99.